The number of hydrogen-bond donors (Lipinski definition) is 1. The van der Waals surface area contributed by atoms with Crippen molar-refractivity contribution in [3.8, 4) is 0 Å². The Morgan fingerprint density at radius 3 is 2.33 bits per heavy atom. The molecule has 0 bridgehead atoms. The third kappa shape index (κ3) is 5.40. The molecule has 0 aliphatic heterocycles. The van der Waals surface area contributed by atoms with Crippen LogP contribution in [-0.2, 0) is 10.8 Å². The zero-order valence-corrected chi connectivity index (χ0v) is 14.7. The molecule has 0 amide bonds. The van der Waals surface area contributed by atoms with Crippen LogP contribution in [0.15, 0.2) is 40.1 Å². The Morgan fingerprint density at radius 1 is 1.29 bits per heavy atom. The molecule has 0 aliphatic rings. The Kier molecular flexibility index (Phi) is 6.82. The van der Waals surface area contributed by atoms with Crippen molar-refractivity contribution in [2.75, 3.05) is 0 Å². The molecular weight excluding hydrogens is 280 g/mol. The number of aliphatic hydroxyl groups excluding tert-OH is 1. The van der Waals surface area contributed by atoms with E-state index in [1.165, 1.54) is 0 Å². The second kappa shape index (κ2) is 7.90. The van der Waals surface area contributed by atoms with Gasteiger partial charge >= 0.3 is 0 Å². The van der Waals surface area contributed by atoms with Gasteiger partial charge in [-0.1, -0.05) is 64.3 Å². The van der Waals surface area contributed by atoms with Crippen molar-refractivity contribution < 1.29 is 9.32 Å². The van der Waals surface area contributed by atoms with Crippen LogP contribution in [0.5, 0.6) is 0 Å². The maximum absolute atomic E-state index is 12.8. The van der Waals surface area contributed by atoms with E-state index in [-0.39, 0.29) is 5.41 Å². The van der Waals surface area contributed by atoms with Crippen molar-refractivity contribution in [3.63, 3.8) is 0 Å². The van der Waals surface area contributed by atoms with E-state index >= 15 is 0 Å². The predicted molar refractivity (Wildman–Crippen MR) is 90.7 cm³/mol. The summed E-state index contributed by atoms with van der Waals surface area (Å²) in [5, 5.41) is 10.6. The number of aliphatic hydroxyl groups is 1. The summed E-state index contributed by atoms with van der Waals surface area (Å²) in [7, 11) is -1.30. The third-order valence-electron chi connectivity index (χ3n) is 3.44. The summed E-state index contributed by atoms with van der Waals surface area (Å²) in [6.45, 7) is 10.0. The lowest BCUT2D eigenvalue weighted by Crippen LogP contribution is -2.29. The van der Waals surface area contributed by atoms with Gasteiger partial charge in [0.1, 0.15) is 0 Å². The fraction of sp³-hybridized carbons (Fsp3) is 0.556. The van der Waals surface area contributed by atoms with Gasteiger partial charge in [-0.3, -0.25) is 0 Å². The standard InChI is InChI=1S/C18H28O2S/c1-6-7-8-9-16(17(19)18(3,4)5)21(20)15-12-10-14(2)11-13-15/h9-13,17,19H,6-8H2,1-5H3/b16-9+/t17-,21?/m1/s1. The van der Waals surface area contributed by atoms with Gasteiger partial charge < -0.3 is 5.11 Å². The number of allylic oxidation sites excluding steroid dienone is 1. The summed E-state index contributed by atoms with van der Waals surface area (Å²) in [6.07, 6.45) is 4.26. The Labute approximate surface area is 131 Å². The molecule has 1 N–H and O–H groups in total. The molecule has 2 atom stereocenters. The van der Waals surface area contributed by atoms with Gasteiger partial charge in [-0.2, -0.15) is 0 Å². The zero-order valence-electron chi connectivity index (χ0n) is 13.8. The van der Waals surface area contributed by atoms with Gasteiger partial charge in [0.25, 0.3) is 0 Å². The zero-order chi connectivity index (χ0) is 16.0. The van der Waals surface area contributed by atoms with Gasteiger partial charge in [-0.05, 0) is 30.9 Å². The fourth-order valence-corrected chi connectivity index (χ4v) is 3.44. The molecule has 0 saturated carbocycles. The van der Waals surface area contributed by atoms with Crippen LogP contribution in [0.2, 0.25) is 0 Å². The Morgan fingerprint density at radius 2 is 1.86 bits per heavy atom. The molecule has 0 heterocycles. The van der Waals surface area contributed by atoms with Crippen LogP contribution < -0.4 is 0 Å². The molecule has 2 nitrogen and oxygen atoms in total. The van der Waals surface area contributed by atoms with Gasteiger partial charge in [-0.25, -0.2) is 4.21 Å². The average Bonchev–Trinajstić information content (AvgIpc) is 2.42. The first-order chi connectivity index (χ1) is 9.77. The van der Waals surface area contributed by atoms with Crippen molar-refractivity contribution in [1.82, 2.24) is 0 Å². The number of aryl methyl sites for hydroxylation is 1. The van der Waals surface area contributed by atoms with E-state index in [2.05, 4.69) is 6.92 Å². The number of hydrogen-bond acceptors (Lipinski definition) is 2. The molecule has 1 aromatic rings. The van der Waals surface area contributed by atoms with Crippen molar-refractivity contribution in [2.45, 2.75) is 64.9 Å². The molecule has 0 radical (unpaired) electrons. The maximum atomic E-state index is 12.8. The van der Waals surface area contributed by atoms with E-state index in [0.29, 0.717) is 4.91 Å². The molecular formula is C18H28O2S. The highest BCUT2D eigenvalue weighted by molar-refractivity contribution is 7.89. The van der Waals surface area contributed by atoms with E-state index in [0.717, 1.165) is 29.7 Å². The summed E-state index contributed by atoms with van der Waals surface area (Å²) >= 11 is 0. The quantitative estimate of drug-likeness (QED) is 0.781. The summed E-state index contributed by atoms with van der Waals surface area (Å²) in [6, 6.07) is 7.68. The monoisotopic (exact) mass is 308 g/mol. The van der Waals surface area contributed by atoms with Crippen LogP contribution in [0.1, 0.15) is 52.5 Å². The van der Waals surface area contributed by atoms with Crippen molar-refractivity contribution >= 4 is 10.8 Å². The number of benzene rings is 1. The molecule has 0 aromatic heterocycles. The van der Waals surface area contributed by atoms with Crippen LogP contribution in [0.4, 0.5) is 0 Å². The Bertz CT molecular complexity index is 495. The van der Waals surface area contributed by atoms with Crippen LogP contribution in [0.25, 0.3) is 0 Å². The molecule has 0 fully saturated rings. The number of rotatable bonds is 6. The fourth-order valence-electron chi connectivity index (χ4n) is 1.96. The van der Waals surface area contributed by atoms with Gasteiger partial charge in [0, 0.05) is 9.80 Å². The van der Waals surface area contributed by atoms with Crippen LogP contribution in [0, 0.1) is 12.3 Å². The highest BCUT2D eigenvalue weighted by Gasteiger charge is 2.29. The van der Waals surface area contributed by atoms with E-state index < -0.39 is 16.9 Å². The van der Waals surface area contributed by atoms with E-state index in [1.807, 2.05) is 58.0 Å². The predicted octanol–water partition coefficient (Wildman–Crippen LogP) is 4.58. The Hall–Kier alpha value is -0.930. The molecule has 1 aromatic carbocycles. The first-order valence-electron chi connectivity index (χ1n) is 7.64. The summed E-state index contributed by atoms with van der Waals surface area (Å²) in [5.74, 6) is 0. The van der Waals surface area contributed by atoms with Crippen molar-refractivity contribution in [2.24, 2.45) is 5.41 Å². The molecule has 1 rings (SSSR count). The van der Waals surface area contributed by atoms with Crippen LogP contribution >= 0.6 is 0 Å². The summed E-state index contributed by atoms with van der Waals surface area (Å²) in [4.78, 5) is 1.39. The molecule has 0 saturated heterocycles. The second-order valence-corrected chi connectivity index (χ2v) is 8.08. The smallest absolute Gasteiger partial charge is 0.0922 e. The molecule has 118 valence electrons. The van der Waals surface area contributed by atoms with Crippen molar-refractivity contribution in [3.05, 3.63) is 40.8 Å². The van der Waals surface area contributed by atoms with E-state index in [9.17, 15) is 9.32 Å². The minimum absolute atomic E-state index is 0.321. The lowest BCUT2D eigenvalue weighted by Gasteiger charge is -2.28. The highest BCUT2D eigenvalue weighted by atomic mass is 32.2. The highest BCUT2D eigenvalue weighted by Crippen LogP contribution is 2.30. The van der Waals surface area contributed by atoms with Gasteiger partial charge in [0.2, 0.25) is 0 Å². The maximum Gasteiger partial charge on any atom is 0.0922 e. The average molecular weight is 308 g/mol. The molecule has 0 spiro atoms. The molecule has 1 unspecified atom stereocenters. The minimum Gasteiger partial charge on any atom is -0.387 e. The lowest BCUT2D eigenvalue weighted by atomic mass is 9.88. The van der Waals surface area contributed by atoms with E-state index in [4.69, 9.17) is 0 Å². The normalized spacial score (nSPS) is 15.8. The number of unbranched alkanes of at least 4 members (excludes halogenated alkanes) is 2. The SMILES string of the molecule is CCCC/C=C(\[C@@H](O)C(C)(C)C)S(=O)c1ccc(C)cc1. The molecule has 21 heavy (non-hydrogen) atoms. The molecule has 3 heteroatoms. The van der Waals surface area contributed by atoms with Gasteiger partial charge in [-0.15, -0.1) is 0 Å². The second-order valence-electron chi connectivity index (χ2n) is 6.60. The summed E-state index contributed by atoms with van der Waals surface area (Å²) in [5.41, 5.74) is 0.821. The lowest BCUT2D eigenvalue weighted by molar-refractivity contribution is 0.101. The van der Waals surface area contributed by atoms with Crippen molar-refractivity contribution in [1.29, 1.82) is 0 Å². The first-order valence-corrected chi connectivity index (χ1v) is 8.79. The Balaban J connectivity index is 3.08. The largest absolute Gasteiger partial charge is 0.387 e. The van der Waals surface area contributed by atoms with Gasteiger partial charge in [0.05, 0.1) is 16.9 Å². The van der Waals surface area contributed by atoms with Crippen LogP contribution in [0.3, 0.4) is 0 Å². The minimum atomic E-state index is -1.30. The van der Waals surface area contributed by atoms with Gasteiger partial charge in [0.15, 0.2) is 0 Å². The third-order valence-corrected chi connectivity index (χ3v) is 4.96. The topological polar surface area (TPSA) is 37.3 Å². The summed E-state index contributed by atoms with van der Waals surface area (Å²) < 4.78 is 12.8. The molecule has 0 aliphatic carbocycles. The van der Waals surface area contributed by atoms with E-state index in [1.54, 1.807) is 0 Å². The van der Waals surface area contributed by atoms with Crippen LogP contribution in [-0.4, -0.2) is 15.4 Å². The first kappa shape index (κ1) is 18.1.